The smallest absolute Gasteiger partial charge is 0.274 e. The van der Waals surface area contributed by atoms with Crippen molar-refractivity contribution in [3.8, 4) is 17.8 Å². The molecule has 4 rings (SSSR count). The molecule has 40 heavy (non-hydrogen) atoms. The molecular formula is C27H21Cl2N7O4. The van der Waals surface area contributed by atoms with Gasteiger partial charge in [-0.15, -0.1) is 5.10 Å². The number of rotatable bonds is 10. The zero-order valence-electron chi connectivity index (χ0n) is 21.0. The zero-order valence-corrected chi connectivity index (χ0v) is 22.5. The first-order valence-electron chi connectivity index (χ1n) is 11.7. The predicted octanol–water partition coefficient (Wildman–Crippen LogP) is 4.64. The van der Waals surface area contributed by atoms with Gasteiger partial charge in [0.2, 0.25) is 5.88 Å². The van der Waals surface area contributed by atoms with Crippen LogP contribution in [-0.4, -0.2) is 46.4 Å². The van der Waals surface area contributed by atoms with Crippen molar-refractivity contribution in [3.63, 3.8) is 0 Å². The molecule has 4 aromatic rings. The van der Waals surface area contributed by atoms with Gasteiger partial charge in [-0.25, -0.2) is 9.67 Å². The highest BCUT2D eigenvalue weighted by atomic mass is 35.5. The lowest BCUT2D eigenvalue weighted by Gasteiger charge is -2.14. The number of nitrogens with zero attached hydrogens (tertiary/aromatic N) is 5. The van der Waals surface area contributed by atoms with E-state index in [0.29, 0.717) is 0 Å². The van der Waals surface area contributed by atoms with Crippen LogP contribution in [0.1, 0.15) is 32.0 Å². The Hall–Kier alpha value is -4.92. The minimum Gasteiger partial charge on any atom is -0.480 e. The van der Waals surface area contributed by atoms with Gasteiger partial charge < -0.3 is 20.2 Å². The van der Waals surface area contributed by atoms with Crippen LogP contribution in [0.4, 0.5) is 5.69 Å². The molecule has 0 saturated heterocycles. The summed E-state index contributed by atoms with van der Waals surface area (Å²) in [7, 11) is 1.39. The minimum absolute atomic E-state index is 0.00894. The first kappa shape index (κ1) is 28.1. The normalized spacial score (nSPS) is 10.7. The Bertz CT molecular complexity index is 1600. The fourth-order valence-electron chi connectivity index (χ4n) is 3.51. The Kier molecular flexibility index (Phi) is 9.30. The minimum atomic E-state index is -0.707. The summed E-state index contributed by atoms with van der Waals surface area (Å²) in [5, 5.41) is 23.4. The van der Waals surface area contributed by atoms with E-state index in [2.05, 4.69) is 25.9 Å². The summed E-state index contributed by atoms with van der Waals surface area (Å²) >= 11 is 12.4. The molecule has 2 aromatic heterocycles. The number of pyridine rings is 1. The molecule has 0 spiro atoms. The predicted molar refractivity (Wildman–Crippen MR) is 149 cm³/mol. The number of halogens is 2. The van der Waals surface area contributed by atoms with Crippen molar-refractivity contribution in [2.75, 3.05) is 19.0 Å². The first-order valence-corrected chi connectivity index (χ1v) is 12.4. The molecule has 11 nitrogen and oxygen atoms in total. The number of oxime groups is 1. The lowest BCUT2D eigenvalue weighted by molar-refractivity contribution is 0.0959. The van der Waals surface area contributed by atoms with Crippen molar-refractivity contribution in [3.05, 3.63) is 99.3 Å². The summed E-state index contributed by atoms with van der Waals surface area (Å²) in [6, 6.07) is 18.7. The van der Waals surface area contributed by atoms with Crippen molar-refractivity contribution in [1.82, 2.24) is 20.1 Å². The van der Waals surface area contributed by atoms with Gasteiger partial charge in [0, 0.05) is 17.3 Å². The standard InChI is InChI=1S/C27H21Cl2N7O4/c1-39-23-14-22(36(35-23)25-21(29)8-5-9-31-25)27(38)34-24-18(15-30)12-19(28)13-20(24)26(37)32-10-11-33-40-16-17-6-3-2-4-7-17/h2-9,11-14H,10,16H2,1H3,(H,32,37)(H,34,38)/b33-11+. The number of aromatic nitrogens is 3. The monoisotopic (exact) mass is 577 g/mol. The molecular weight excluding hydrogens is 557 g/mol. The van der Waals surface area contributed by atoms with Crippen LogP contribution in [-0.2, 0) is 11.4 Å². The topological polar surface area (TPSA) is 144 Å². The van der Waals surface area contributed by atoms with Crippen LogP contribution in [0.2, 0.25) is 10.0 Å². The van der Waals surface area contributed by atoms with Crippen LogP contribution in [0, 0.1) is 11.3 Å². The van der Waals surface area contributed by atoms with Crippen LogP contribution >= 0.6 is 23.2 Å². The molecule has 13 heteroatoms. The Morgan fingerprint density at radius 2 is 1.93 bits per heavy atom. The number of hydrogen-bond acceptors (Lipinski definition) is 8. The molecule has 2 aromatic carbocycles. The van der Waals surface area contributed by atoms with Crippen LogP contribution in [0.25, 0.3) is 5.82 Å². The number of anilines is 1. The van der Waals surface area contributed by atoms with Crippen LogP contribution in [0.3, 0.4) is 0 Å². The van der Waals surface area contributed by atoms with Gasteiger partial charge in [-0.05, 0) is 29.8 Å². The fraction of sp³-hybridized carbons (Fsp3) is 0.111. The SMILES string of the molecule is COc1cc(C(=O)Nc2c(C#N)cc(Cl)cc2C(=O)NC/C=N/OCc2ccccc2)n(-c2ncccc2Cl)n1. The number of nitriles is 1. The highest BCUT2D eigenvalue weighted by Crippen LogP contribution is 2.28. The average Bonchev–Trinajstić information content (AvgIpc) is 3.40. The summed E-state index contributed by atoms with van der Waals surface area (Å²) in [6.45, 7) is 0.282. The molecule has 202 valence electrons. The maximum Gasteiger partial charge on any atom is 0.274 e. The number of ether oxygens (including phenoxy) is 1. The van der Waals surface area contributed by atoms with Crippen molar-refractivity contribution >= 4 is 46.9 Å². The zero-order chi connectivity index (χ0) is 28.5. The number of carbonyl (C=O) groups is 2. The summed E-state index contributed by atoms with van der Waals surface area (Å²) in [5.74, 6) is -1.01. The second-order valence-electron chi connectivity index (χ2n) is 7.99. The third kappa shape index (κ3) is 6.74. The van der Waals surface area contributed by atoms with Gasteiger partial charge in [0.15, 0.2) is 5.82 Å². The van der Waals surface area contributed by atoms with E-state index in [1.807, 2.05) is 36.4 Å². The molecule has 0 radical (unpaired) electrons. The molecule has 2 heterocycles. The molecule has 2 N–H and O–H groups in total. The van der Waals surface area contributed by atoms with Gasteiger partial charge in [-0.2, -0.15) is 5.26 Å². The molecule has 0 fully saturated rings. The molecule has 0 aliphatic rings. The summed E-state index contributed by atoms with van der Waals surface area (Å²) in [4.78, 5) is 35.9. The van der Waals surface area contributed by atoms with Gasteiger partial charge in [-0.3, -0.25) is 9.59 Å². The number of benzene rings is 2. The maximum atomic E-state index is 13.4. The number of methoxy groups -OCH3 is 1. The van der Waals surface area contributed by atoms with Gasteiger partial charge in [0.05, 0.1) is 41.7 Å². The van der Waals surface area contributed by atoms with E-state index in [1.54, 1.807) is 12.1 Å². The van der Waals surface area contributed by atoms with Crippen molar-refractivity contribution < 1.29 is 19.2 Å². The lowest BCUT2D eigenvalue weighted by atomic mass is 10.1. The van der Waals surface area contributed by atoms with Gasteiger partial charge in [0.1, 0.15) is 18.4 Å². The first-order chi connectivity index (χ1) is 19.4. The summed E-state index contributed by atoms with van der Waals surface area (Å²) in [5.41, 5.74) is 0.816. The molecule has 2 amide bonds. The fourth-order valence-corrected chi connectivity index (χ4v) is 3.93. The van der Waals surface area contributed by atoms with Gasteiger partial charge in [-0.1, -0.05) is 58.7 Å². The van der Waals surface area contributed by atoms with E-state index in [-0.39, 0.29) is 57.4 Å². The largest absolute Gasteiger partial charge is 0.480 e. The summed E-state index contributed by atoms with van der Waals surface area (Å²) < 4.78 is 6.38. The second kappa shape index (κ2) is 13.2. The van der Waals surface area contributed by atoms with E-state index >= 15 is 0 Å². The highest BCUT2D eigenvalue weighted by Gasteiger charge is 2.24. The van der Waals surface area contributed by atoms with E-state index in [9.17, 15) is 14.9 Å². The Morgan fingerprint density at radius 1 is 1.12 bits per heavy atom. The van der Waals surface area contributed by atoms with E-state index in [0.717, 1.165) is 5.56 Å². The van der Waals surface area contributed by atoms with Crippen molar-refractivity contribution in [1.29, 1.82) is 5.26 Å². The Morgan fingerprint density at radius 3 is 2.65 bits per heavy atom. The summed E-state index contributed by atoms with van der Waals surface area (Å²) in [6.07, 6.45) is 2.86. The number of nitrogens with one attached hydrogen (secondary N) is 2. The molecule has 0 aliphatic heterocycles. The Labute approximate surface area is 238 Å². The lowest BCUT2D eigenvalue weighted by Crippen LogP contribution is -2.27. The van der Waals surface area contributed by atoms with Crippen LogP contribution in [0.15, 0.2) is 72.0 Å². The van der Waals surface area contributed by atoms with Gasteiger partial charge >= 0.3 is 0 Å². The van der Waals surface area contributed by atoms with E-state index in [4.69, 9.17) is 32.8 Å². The highest BCUT2D eigenvalue weighted by molar-refractivity contribution is 6.32. The van der Waals surface area contributed by atoms with Crippen molar-refractivity contribution in [2.24, 2.45) is 5.16 Å². The van der Waals surface area contributed by atoms with E-state index < -0.39 is 11.8 Å². The van der Waals surface area contributed by atoms with E-state index in [1.165, 1.54) is 42.4 Å². The molecule has 0 aliphatic carbocycles. The molecule has 0 atom stereocenters. The van der Waals surface area contributed by atoms with Gasteiger partial charge in [0.25, 0.3) is 11.8 Å². The average molecular weight is 578 g/mol. The molecule has 0 bridgehead atoms. The quantitative estimate of drug-likeness (QED) is 0.206. The Balaban J connectivity index is 1.54. The third-order valence-corrected chi connectivity index (χ3v) is 5.87. The number of carbonyl (C=O) groups excluding carboxylic acids is 2. The number of amides is 2. The molecule has 0 saturated carbocycles. The second-order valence-corrected chi connectivity index (χ2v) is 8.84. The number of hydrogen-bond donors (Lipinski definition) is 2. The molecule has 0 unspecified atom stereocenters. The maximum absolute atomic E-state index is 13.4. The van der Waals surface area contributed by atoms with Crippen molar-refractivity contribution in [2.45, 2.75) is 6.61 Å². The van der Waals surface area contributed by atoms with Crippen LogP contribution < -0.4 is 15.4 Å². The third-order valence-electron chi connectivity index (χ3n) is 5.35. The van der Waals surface area contributed by atoms with Crippen LogP contribution in [0.5, 0.6) is 5.88 Å².